The number of nitrogens with one attached hydrogen (secondary N) is 1. The number of nitrogens with zero attached hydrogens (tertiary/aromatic N) is 2. The first-order valence-electron chi connectivity index (χ1n) is 7.29. The molecule has 0 aliphatic carbocycles. The van der Waals surface area contributed by atoms with E-state index in [0.29, 0.717) is 5.54 Å². The first-order valence-corrected chi connectivity index (χ1v) is 7.29. The average Bonchev–Trinajstić information content (AvgIpc) is 2.79. The molecule has 1 N–H and O–H groups in total. The Morgan fingerprint density at radius 1 is 1.35 bits per heavy atom. The lowest BCUT2D eigenvalue weighted by molar-refractivity contribution is 0.113. The fourth-order valence-corrected chi connectivity index (χ4v) is 3.46. The Balaban J connectivity index is 1.85. The molecule has 17 heavy (non-hydrogen) atoms. The molecule has 2 aliphatic rings. The Bertz CT molecular complexity index is 228. The van der Waals surface area contributed by atoms with Gasteiger partial charge < -0.3 is 15.1 Å². The highest BCUT2D eigenvalue weighted by Gasteiger charge is 2.34. The fourth-order valence-electron chi connectivity index (χ4n) is 3.46. The molecule has 0 saturated carbocycles. The summed E-state index contributed by atoms with van der Waals surface area (Å²) in [6.45, 7) is 7.32. The van der Waals surface area contributed by atoms with Gasteiger partial charge >= 0.3 is 0 Å². The van der Waals surface area contributed by atoms with Gasteiger partial charge in [0.2, 0.25) is 0 Å². The summed E-state index contributed by atoms with van der Waals surface area (Å²) in [6, 6.07) is 0.803. The largest absolute Gasteiger partial charge is 0.310 e. The minimum Gasteiger partial charge on any atom is -0.310 e. The van der Waals surface area contributed by atoms with Gasteiger partial charge in [-0.2, -0.15) is 0 Å². The monoisotopic (exact) mass is 239 g/mol. The second-order valence-corrected chi connectivity index (χ2v) is 6.11. The summed E-state index contributed by atoms with van der Waals surface area (Å²) in [6.07, 6.45) is 6.67. The molecule has 0 aromatic heterocycles. The van der Waals surface area contributed by atoms with Crippen molar-refractivity contribution in [3.63, 3.8) is 0 Å². The molecule has 2 heterocycles. The topological polar surface area (TPSA) is 18.5 Å². The van der Waals surface area contributed by atoms with Crippen molar-refractivity contribution in [3.8, 4) is 0 Å². The van der Waals surface area contributed by atoms with Gasteiger partial charge in [0, 0.05) is 18.1 Å². The third-order valence-electron chi connectivity index (χ3n) is 4.87. The van der Waals surface area contributed by atoms with Gasteiger partial charge in [0.15, 0.2) is 0 Å². The lowest BCUT2D eigenvalue weighted by atomic mass is 9.92. The maximum atomic E-state index is 3.75. The molecule has 0 radical (unpaired) electrons. The van der Waals surface area contributed by atoms with E-state index < -0.39 is 0 Å². The lowest BCUT2D eigenvalue weighted by Crippen LogP contribution is -2.52. The van der Waals surface area contributed by atoms with Crippen LogP contribution in [0.1, 0.15) is 39.0 Å². The van der Waals surface area contributed by atoms with Crippen molar-refractivity contribution in [3.05, 3.63) is 0 Å². The second kappa shape index (κ2) is 5.68. The Labute approximate surface area is 107 Å². The molecule has 0 spiro atoms. The maximum absolute atomic E-state index is 3.75. The molecule has 2 fully saturated rings. The number of likely N-dealkylation sites (N-methyl/N-ethyl adjacent to an activating group) is 1. The highest BCUT2D eigenvalue weighted by atomic mass is 15.2. The molecule has 0 bridgehead atoms. The van der Waals surface area contributed by atoms with Gasteiger partial charge in [0.1, 0.15) is 0 Å². The molecule has 2 aliphatic heterocycles. The Kier molecular flexibility index (Phi) is 4.45. The fraction of sp³-hybridized carbons (Fsp3) is 1.00. The molecule has 100 valence electrons. The summed E-state index contributed by atoms with van der Waals surface area (Å²) >= 11 is 0. The van der Waals surface area contributed by atoms with Crippen LogP contribution in [0.2, 0.25) is 0 Å². The van der Waals surface area contributed by atoms with E-state index in [1.54, 1.807) is 0 Å². The number of likely N-dealkylation sites (tertiary alicyclic amines) is 1. The Morgan fingerprint density at radius 3 is 2.59 bits per heavy atom. The number of rotatable bonds is 4. The van der Waals surface area contributed by atoms with Crippen molar-refractivity contribution in [1.82, 2.24) is 15.1 Å². The number of hydrogen-bond acceptors (Lipinski definition) is 3. The van der Waals surface area contributed by atoms with E-state index >= 15 is 0 Å². The van der Waals surface area contributed by atoms with Crippen LogP contribution in [0.15, 0.2) is 0 Å². The van der Waals surface area contributed by atoms with E-state index in [4.69, 9.17) is 0 Å². The minimum atomic E-state index is 0.415. The Morgan fingerprint density at radius 2 is 2.06 bits per heavy atom. The SMILES string of the molecule is CCC1(CN(C)C2CCN(C)CC2)CCCN1. The number of piperidine rings is 1. The van der Waals surface area contributed by atoms with Gasteiger partial charge in [-0.15, -0.1) is 0 Å². The van der Waals surface area contributed by atoms with Gasteiger partial charge in [-0.3, -0.25) is 0 Å². The predicted molar refractivity (Wildman–Crippen MR) is 73.4 cm³/mol. The Hall–Kier alpha value is -0.120. The molecule has 0 aromatic carbocycles. The van der Waals surface area contributed by atoms with Gasteiger partial charge in [-0.1, -0.05) is 6.92 Å². The molecule has 0 aromatic rings. The van der Waals surface area contributed by atoms with Crippen molar-refractivity contribution >= 4 is 0 Å². The summed E-state index contributed by atoms with van der Waals surface area (Å²) < 4.78 is 0. The van der Waals surface area contributed by atoms with Crippen LogP contribution in [0.3, 0.4) is 0 Å². The summed E-state index contributed by atoms with van der Waals surface area (Å²) in [5, 5.41) is 3.75. The zero-order valence-corrected chi connectivity index (χ0v) is 11.8. The van der Waals surface area contributed by atoms with E-state index in [9.17, 15) is 0 Å². The minimum absolute atomic E-state index is 0.415. The smallest absolute Gasteiger partial charge is 0.0306 e. The predicted octanol–water partition coefficient (Wildman–Crippen LogP) is 1.54. The van der Waals surface area contributed by atoms with Crippen molar-refractivity contribution in [2.75, 3.05) is 40.3 Å². The summed E-state index contributed by atoms with van der Waals surface area (Å²) in [4.78, 5) is 5.07. The molecule has 2 rings (SSSR count). The van der Waals surface area contributed by atoms with E-state index in [1.807, 2.05) is 0 Å². The molecule has 3 heteroatoms. The van der Waals surface area contributed by atoms with Gasteiger partial charge in [-0.25, -0.2) is 0 Å². The average molecular weight is 239 g/mol. The van der Waals surface area contributed by atoms with E-state index in [-0.39, 0.29) is 0 Å². The molecule has 1 unspecified atom stereocenters. The summed E-state index contributed by atoms with van der Waals surface area (Å²) in [5.74, 6) is 0. The quantitative estimate of drug-likeness (QED) is 0.803. The maximum Gasteiger partial charge on any atom is 0.0306 e. The van der Waals surface area contributed by atoms with E-state index in [1.165, 1.54) is 58.3 Å². The molecule has 1 atom stereocenters. The summed E-state index contributed by atoms with van der Waals surface area (Å²) in [5.41, 5.74) is 0.415. The van der Waals surface area contributed by atoms with Crippen LogP contribution >= 0.6 is 0 Å². The van der Waals surface area contributed by atoms with Gasteiger partial charge in [0.25, 0.3) is 0 Å². The highest BCUT2D eigenvalue weighted by Crippen LogP contribution is 2.26. The normalized spacial score (nSPS) is 32.5. The second-order valence-electron chi connectivity index (χ2n) is 6.11. The van der Waals surface area contributed by atoms with Crippen LogP contribution in [0.5, 0.6) is 0 Å². The molecule has 3 nitrogen and oxygen atoms in total. The van der Waals surface area contributed by atoms with Crippen molar-refractivity contribution in [2.24, 2.45) is 0 Å². The molecule has 0 amide bonds. The van der Waals surface area contributed by atoms with Crippen LogP contribution in [0, 0.1) is 0 Å². The lowest BCUT2D eigenvalue weighted by Gasteiger charge is -2.40. The van der Waals surface area contributed by atoms with Crippen LogP contribution in [0.25, 0.3) is 0 Å². The van der Waals surface area contributed by atoms with Crippen LogP contribution in [-0.4, -0.2) is 61.7 Å². The zero-order chi connectivity index (χ0) is 12.3. The van der Waals surface area contributed by atoms with Crippen molar-refractivity contribution in [2.45, 2.75) is 50.6 Å². The van der Waals surface area contributed by atoms with E-state index in [0.717, 1.165) is 6.04 Å². The van der Waals surface area contributed by atoms with Crippen molar-refractivity contribution < 1.29 is 0 Å². The van der Waals surface area contributed by atoms with Crippen LogP contribution in [0.4, 0.5) is 0 Å². The third-order valence-corrected chi connectivity index (χ3v) is 4.87. The van der Waals surface area contributed by atoms with E-state index in [2.05, 4.69) is 36.1 Å². The highest BCUT2D eigenvalue weighted by molar-refractivity contribution is 4.95. The zero-order valence-electron chi connectivity index (χ0n) is 11.8. The number of hydrogen-bond donors (Lipinski definition) is 1. The molecule has 2 saturated heterocycles. The first-order chi connectivity index (χ1) is 8.15. The van der Waals surface area contributed by atoms with Crippen LogP contribution in [-0.2, 0) is 0 Å². The standard InChI is InChI=1S/C14H29N3/c1-4-14(8-5-9-15-14)12-17(3)13-6-10-16(2)11-7-13/h13,15H,4-12H2,1-3H3. The molecular formula is C14H29N3. The van der Waals surface area contributed by atoms with Gasteiger partial charge in [-0.05, 0) is 65.8 Å². The van der Waals surface area contributed by atoms with Crippen molar-refractivity contribution in [1.29, 1.82) is 0 Å². The van der Waals surface area contributed by atoms with Gasteiger partial charge in [0.05, 0.1) is 0 Å². The third kappa shape index (κ3) is 3.21. The van der Waals surface area contributed by atoms with Crippen LogP contribution < -0.4 is 5.32 Å². The summed E-state index contributed by atoms with van der Waals surface area (Å²) in [7, 11) is 4.57. The first kappa shape index (κ1) is 13.3. The molecular weight excluding hydrogens is 210 g/mol.